The van der Waals surface area contributed by atoms with Crippen molar-refractivity contribution in [2.45, 2.75) is 56.3 Å². The number of rotatable bonds is 12. The number of thiol groups is 1. The Bertz CT molecular complexity index is 1170. The number of para-hydroxylation sites is 1. The zero-order valence-electron chi connectivity index (χ0n) is 20.1. The van der Waals surface area contributed by atoms with Gasteiger partial charge in [0.15, 0.2) is 0 Å². The van der Waals surface area contributed by atoms with E-state index in [-0.39, 0.29) is 31.6 Å². The number of nitrogens with two attached hydrogens (primary N) is 1. The number of carbonyl (C=O) groups is 5. The lowest BCUT2D eigenvalue weighted by molar-refractivity contribution is -0.144. The average molecular weight is 534 g/mol. The predicted octanol–water partition coefficient (Wildman–Crippen LogP) is -0.122. The number of aromatic amines is 1. The van der Waals surface area contributed by atoms with E-state index in [1.807, 2.05) is 24.3 Å². The number of hydrogen-bond donors (Lipinski definition) is 7. The van der Waals surface area contributed by atoms with Gasteiger partial charge in [-0.3, -0.25) is 19.2 Å². The summed E-state index contributed by atoms with van der Waals surface area (Å²) in [7, 11) is 0. The second kappa shape index (κ2) is 12.6. The molecule has 37 heavy (non-hydrogen) atoms. The van der Waals surface area contributed by atoms with Crippen molar-refractivity contribution in [3.63, 3.8) is 0 Å². The maximum absolute atomic E-state index is 13.2. The van der Waals surface area contributed by atoms with E-state index in [0.29, 0.717) is 12.8 Å². The molecule has 12 nitrogen and oxygen atoms in total. The smallest absolute Gasteiger partial charge is 0.326 e. The first-order chi connectivity index (χ1) is 17.6. The number of carboxylic acid groups (broad SMARTS) is 2. The third-order valence-corrected chi connectivity index (χ3v) is 6.72. The number of benzene rings is 1. The molecule has 2 aromatic rings. The number of likely N-dealkylation sites (tertiary alicyclic amines) is 1. The summed E-state index contributed by atoms with van der Waals surface area (Å²) < 4.78 is 0. The van der Waals surface area contributed by atoms with Gasteiger partial charge in [0, 0.05) is 42.2 Å². The SMILES string of the molecule is NC(CCC(=O)O)C(=O)NC(CS)C(=O)N1CCCC1C(=O)NC(Cc1c[nH]c2ccccc12)C(=O)O. The van der Waals surface area contributed by atoms with Gasteiger partial charge in [0.1, 0.15) is 18.1 Å². The highest BCUT2D eigenvalue weighted by molar-refractivity contribution is 7.80. The number of nitrogens with one attached hydrogen (secondary N) is 3. The first kappa shape index (κ1) is 28.0. The molecule has 4 unspecified atom stereocenters. The molecule has 3 amide bonds. The minimum atomic E-state index is -1.21. The Balaban J connectivity index is 1.65. The molecule has 1 aliphatic heterocycles. The lowest BCUT2D eigenvalue weighted by Crippen LogP contribution is -2.57. The number of amides is 3. The van der Waals surface area contributed by atoms with Crippen LogP contribution in [0.1, 0.15) is 31.2 Å². The van der Waals surface area contributed by atoms with E-state index >= 15 is 0 Å². The van der Waals surface area contributed by atoms with Crippen molar-refractivity contribution >= 4 is 53.2 Å². The molecule has 13 heteroatoms. The molecule has 0 radical (unpaired) electrons. The van der Waals surface area contributed by atoms with Crippen LogP contribution >= 0.6 is 12.6 Å². The average Bonchev–Trinajstić information content (AvgIpc) is 3.52. The zero-order chi connectivity index (χ0) is 27.1. The second-order valence-electron chi connectivity index (χ2n) is 8.94. The summed E-state index contributed by atoms with van der Waals surface area (Å²) in [5, 5.41) is 24.4. The Hall–Kier alpha value is -3.58. The highest BCUT2D eigenvalue weighted by Gasteiger charge is 2.39. The van der Waals surface area contributed by atoms with Gasteiger partial charge < -0.3 is 36.5 Å². The van der Waals surface area contributed by atoms with E-state index in [1.165, 1.54) is 4.90 Å². The number of carbonyl (C=O) groups excluding carboxylic acids is 3. The molecule has 0 aliphatic carbocycles. The topological polar surface area (TPSA) is 195 Å². The van der Waals surface area contributed by atoms with Gasteiger partial charge >= 0.3 is 11.9 Å². The zero-order valence-corrected chi connectivity index (χ0v) is 20.9. The molecule has 3 rings (SSSR count). The lowest BCUT2D eigenvalue weighted by Gasteiger charge is -2.29. The molecule has 1 aromatic carbocycles. The molecular formula is C24H31N5O7S. The van der Waals surface area contributed by atoms with Gasteiger partial charge in [-0.05, 0) is 30.9 Å². The molecule has 2 heterocycles. The van der Waals surface area contributed by atoms with Crippen LogP contribution in [-0.4, -0.2) is 86.2 Å². The van der Waals surface area contributed by atoms with Gasteiger partial charge in [0.05, 0.1) is 6.04 Å². The van der Waals surface area contributed by atoms with Crippen LogP contribution in [-0.2, 0) is 30.4 Å². The van der Waals surface area contributed by atoms with Crippen molar-refractivity contribution in [3.05, 3.63) is 36.0 Å². The summed E-state index contributed by atoms with van der Waals surface area (Å²) in [6, 6.07) is 3.10. The summed E-state index contributed by atoms with van der Waals surface area (Å²) in [5.41, 5.74) is 7.31. The van der Waals surface area contributed by atoms with Crippen LogP contribution in [0.2, 0.25) is 0 Å². The Labute approximate surface area is 218 Å². The fourth-order valence-corrected chi connectivity index (χ4v) is 4.61. The van der Waals surface area contributed by atoms with Gasteiger partial charge in [0.2, 0.25) is 17.7 Å². The molecule has 0 saturated carbocycles. The van der Waals surface area contributed by atoms with Crippen LogP contribution in [0.5, 0.6) is 0 Å². The first-order valence-corrected chi connectivity index (χ1v) is 12.5. The van der Waals surface area contributed by atoms with E-state index < -0.39 is 53.8 Å². The molecule has 0 bridgehead atoms. The number of aromatic nitrogens is 1. The van der Waals surface area contributed by atoms with E-state index in [1.54, 1.807) is 6.20 Å². The number of nitrogens with zero attached hydrogens (tertiary/aromatic N) is 1. The standard InChI is InChI=1S/C24H31N5O7S/c25-15(7-8-20(30)31)21(32)28-18(12-37)23(34)29-9-3-6-19(29)22(33)27-17(24(35)36)10-13-11-26-16-5-2-1-4-14(13)16/h1-2,4-5,11,15,17-19,26,37H,3,6-10,12,25H2,(H,27,33)(H,28,32)(H,30,31)(H,35,36). The second-order valence-corrected chi connectivity index (χ2v) is 9.30. The van der Waals surface area contributed by atoms with Crippen LogP contribution < -0.4 is 16.4 Å². The molecule has 4 atom stereocenters. The Kier molecular flexibility index (Phi) is 9.53. The number of aliphatic carboxylic acids is 2. The lowest BCUT2D eigenvalue weighted by atomic mass is 10.0. The van der Waals surface area contributed by atoms with Crippen molar-refractivity contribution in [2.75, 3.05) is 12.3 Å². The molecule has 1 aromatic heterocycles. The minimum Gasteiger partial charge on any atom is -0.481 e. The van der Waals surface area contributed by atoms with Gasteiger partial charge in [0.25, 0.3) is 0 Å². The molecule has 1 saturated heterocycles. The van der Waals surface area contributed by atoms with E-state index in [2.05, 4.69) is 28.2 Å². The molecule has 1 aliphatic rings. The van der Waals surface area contributed by atoms with Crippen LogP contribution in [0.15, 0.2) is 30.5 Å². The molecule has 200 valence electrons. The number of H-pyrrole nitrogens is 1. The van der Waals surface area contributed by atoms with Gasteiger partial charge in [-0.1, -0.05) is 18.2 Å². The quantitative estimate of drug-likeness (QED) is 0.183. The van der Waals surface area contributed by atoms with Crippen molar-refractivity contribution in [3.8, 4) is 0 Å². The summed E-state index contributed by atoms with van der Waals surface area (Å²) in [6.07, 6.45) is 2.22. The Morgan fingerprint density at radius 2 is 1.86 bits per heavy atom. The number of fused-ring (bicyclic) bond motifs is 1. The maximum Gasteiger partial charge on any atom is 0.326 e. The van der Waals surface area contributed by atoms with E-state index in [4.69, 9.17) is 10.8 Å². The van der Waals surface area contributed by atoms with Gasteiger partial charge in [-0.2, -0.15) is 12.6 Å². The van der Waals surface area contributed by atoms with Crippen LogP contribution in [0.25, 0.3) is 10.9 Å². The third kappa shape index (κ3) is 7.01. The van der Waals surface area contributed by atoms with Crippen molar-refractivity contribution in [2.24, 2.45) is 5.73 Å². The van der Waals surface area contributed by atoms with Crippen molar-refractivity contribution in [1.82, 2.24) is 20.5 Å². The van der Waals surface area contributed by atoms with Crippen molar-refractivity contribution in [1.29, 1.82) is 0 Å². The fourth-order valence-electron chi connectivity index (χ4n) is 4.37. The van der Waals surface area contributed by atoms with E-state index in [0.717, 1.165) is 16.5 Å². The normalized spacial score (nSPS) is 17.7. The number of carboxylic acids is 2. The van der Waals surface area contributed by atoms with E-state index in [9.17, 15) is 29.1 Å². The summed E-state index contributed by atoms with van der Waals surface area (Å²) in [4.78, 5) is 65.7. The first-order valence-electron chi connectivity index (χ1n) is 11.9. The van der Waals surface area contributed by atoms with Crippen LogP contribution in [0.3, 0.4) is 0 Å². The van der Waals surface area contributed by atoms with Crippen molar-refractivity contribution < 1.29 is 34.2 Å². The summed E-state index contributed by atoms with van der Waals surface area (Å²) in [6.45, 7) is 0.252. The van der Waals surface area contributed by atoms with Crippen LogP contribution in [0.4, 0.5) is 0 Å². The third-order valence-electron chi connectivity index (χ3n) is 6.36. The molecule has 1 fully saturated rings. The fraction of sp³-hybridized carbons (Fsp3) is 0.458. The van der Waals surface area contributed by atoms with Gasteiger partial charge in [-0.25, -0.2) is 4.79 Å². The minimum absolute atomic E-state index is 0.0509. The van der Waals surface area contributed by atoms with Gasteiger partial charge in [-0.15, -0.1) is 0 Å². The Morgan fingerprint density at radius 1 is 1.14 bits per heavy atom. The molecule has 0 spiro atoms. The summed E-state index contributed by atoms with van der Waals surface area (Å²) in [5.74, 6) is -4.21. The predicted molar refractivity (Wildman–Crippen MR) is 137 cm³/mol. The van der Waals surface area contributed by atoms with Crippen LogP contribution in [0, 0.1) is 0 Å². The molecule has 7 N–H and O–H groups in total. The Morgan fingerprint density at radius 3 is 2.54 bits per heavy atom. The molecular weight excluding hydrogens is 502 g/mol. The largest absolute Gasteiger partial charge is 0.481 e. The highest BCUT2D eigenvalue weighted by Crippen LogP contribution is 2.21. The maximum atomic E-state index is 13.2. The monoisotopic (exact) mass is 533 g/mol. The highest BCUT2D eigenvalue weighted by atomic mass is 32.1. The number of hydrogen-bond acceptors (Lipinski definition) is 7. The summed E-state index contributed by atoms with van der Waals surface area (Å²) >= 11 is 4.14.